The predicted molar refractivity (Wildman–Crippen MR) is 86.0 cm³/mol. The van der Waals surface area contributed by atoms with Gasteiger partial charge in [-0.25, -0.2) is 4.98 Å². The van der Waals surface area contributed by atoms with Crippen molar-refractivity contribution in [1.29, 1.82) is 0 Å². The quantitative estimate of drug-likeness (QED) is 0.843. The Hall–Kier alpha value is -0.840. The molecular weight excluding hydrogens is 309 g/mol. The molecule has 116 valence electrons. The van der Waals surface area contributed by atoms with Crippen molar-refractivity contribution >= 4 is 29.1 Å². The lowest BCUT2D eigenvalue weighted by atomic mass is 10.1. The molecule has 1 aromatic heterocycles. The number of nitrogens with zero attached hydrogens (tertiary/aromatic N) is 2. The number of hydrogen-bond donors (Lipinski definition) is 1. The van der Waals surface area contributed by atoms with Crippen molar-refractivity contribution in [1.82, 2.24) is 15.2 Å². The zero-order valence-corrected chi connectivity index (χ0v) is 13.8. The second kappa shape index (κ2) is 7.97. The summed E-state index contributed by atoms with van der Waals surface area (Å²) in [5, 5.41) is 3.47. The van der Waals surface area contributed by atoms with E-state index in [2.05, 4.69) is 22.1 Å². The Morgan fingerprint density at radius 1 is 1.33 bits per heavy atom. The van der Waals surface area contributed by atoms with Crippen molar-refractivity contribution in [3.05, 3.63) is 28.0 Å². The van der Waals surface area contributed by atoms with Crippen LogP contribution in [0.3, 0.4) is 0 Å². The van der Waals surface area contributed by atoms with E-state index in [-0.39, 0.29) is 16.8 Å². The lowest BCUT2D eigenvalue weighted by Gasteiger charge is -2.29. The highest BCUT2D eigenvalue weighted by molar-refractivity contribution is 6.34. The summed E-state index contributed by atoms with van der Waals surface area (Å²) in [6, 6.07) is 3.16. The molecular formula is C15H21Cl2N3O. The normalized spacial score (nSPS) is 17.5. The van der Waals surface area contributed by atoms with Crippen molar-refractivity contribution in [2.24, 2.45) is 5.92 Å². The van der Waals surface area contributed by atoms with Crippen molar-refractivity contribution in [3.63, 3.8) is 0 Å². The summed E-state index contributed by atoms with van der Waals surface area (Å²) in [5.41, 5.74) is 0.189. The summed E-state index contributed by atoms with van der Waals surface area (Å²) < 4.78 is 0. The number of piperidine rings is 1. The van der Waals surface area contributed by atoms with Gasteiger partial charge in [-0.15, -0.1) is 0 Å². The first-order valence-corrected chi connectivity index (χ1v) is 8.14. The Kier molecular flexibility index (Phi) is 6.27. The van der Waals surface area contributed by atoms with E-state index in [4.69, 9.17) is 23.2 Å². The zero-order valence-electron chi connectivity index (χ0n) is 12.2. The Balaban J connectivity index is 1.81. The second-order valence-corrected chi connectivity index (χ2v) is 6.44. The summed E-state index contributed by atoms with van der Waals surface area (Å²) in [6.45, 7) is 6.10. The average Bonchev–Trinajstić information content (AvgIpc) is 2.48. The molecule has 1 atom stereocenters. The van der Waals surface area contributed by atoms with E-state index >= 15 is 0 Å². The van der Waals surface area contributed by atoms with Gasteiger partial charge in [-0.1, -0.05) is 36.5 Å². The van der Waals surface area contributed by atoms with Crippen molar-refractivity contribution < 1.29 is 4.79 Å². The SMILES string of the molecule is CC(CNC(=O)c1nc(Cl)ccc1Cl)CN1CCCCC1. The maximum atomic E-state index is 12.1. The van der Waals surface area contributed by atoms with Crippen LogP contribution in [0.4, 0.5) is 0 Å². The van der Waals surface area contributed by atoms with Gasteiger partial charge in [-0.05, 0) is 44.0 Å². The Morgan fingerprint density at radius 2 is 2.05 bits per heavy atom. The molecule has 1 aliphatic heterocycles. The molecule has 21 heavy (non-hydrogen) atoms. The molecule has 0 saturated carbocycles. The van der Waals surface area contributed by atoms with Gasteiger partial charge in [0.15, 0.2) is 0 Å². The zero-order chi connectivity index (χ0) is 15.2. The molecule has 0 radical (unpaired) electrons. The number of carbonyl (C=O) groups excluding carboxylic acids is 1. The molecule has 1 saturated heterocycles. The number of nitrogens with one attached hydrogen (secondary N) is 1. The molecule has 2 rings (SSSR count). The molecule has 0 aromatic carbocycles. The predicted octanol–water partition coefficient (Wildman–Crippen LogP) is 3.24. The molecule has 4 nitrogen and oxygen atoms in total. The molecule has 6 heteroatoms. The number of aromatic nitrogens is 1. The standard InChI is InChI=1S/C15H21Cl2N3O/c1-11(10-20-7-3-2-4-8-20)9-18-15(21)14-12(16)5-6-13(17)19-14/h5-6,11H,2-4,7-10H2,1H3,(H,18,21). The third-order valence-corrected chi connectivity index (χ3v) is 4.17. The lowest BCUT2D eigenvalue weighted by Crippen LogP contribution is -2.38. The van der Waals surface area contributed by atoms with Crippen LogP contribution in [0, 0.1) is 5.92 Å². The van der Waals surface area contributed by atoms with Gasteiger partial charge in [0.1, 0.15) is 10.8 Å². The molecule has 1 unspecified atom stereocenters. The molecule has 0 aliphatic carbocycles. The van der Waals surface area contributed by atoms with Crippen LogP contribution in [0.25, 0.3) is 0 Å². The smallest absolute Gasteiger partial charge is 0.271 e. The first kappa shape index (κ1) is 16.5. The van der Waals surface area contributed by atoms with Gasteiger partial charge in [-0.2, -0.15) is 0 Å². The van der Waals surface area contributed by atoms with Gasteiger partial charge in [0, 0.05) is 13.1 Å². The van der Waals surface area contributed by atoms with E-state index in [9.17, 15) is 4.79 Å². The molecule has 1 fully saturated rings. The van der Waals surface area contributed by atoms with Crippen LogP contribution in [0.15, 0.2) is 12.1 Å². The van der Waals surface area contributed by atoms with Crippen LogP contribution in [0.5, 0.6) is 0 Å². The fraction of sp³-hybridized carbons (Fsp3) is 0.600. The van der Waals surface area contributed by atoms with Crippen LogP contribution < -0.4 is 5.32 Å². The van der Waals surface area contributed by atoms with Gasteiger partial charge < -0.3 is 10.2 Å². The minimum absolute atomic E-state index is 0.189. The molecule has 1 N–H and O–H groups in total. The van der Waals surface area contributed by atoms with E-state index in [0.29, 0.717) is 17.5 Å². The van der Waals surface area contributed by atoms with E-state index in [0.717, 1.165) is 6.54 Å². The van der Waals surface area contributed by atoms with Crippen LogP contribution >= 0.6 is 23.2 Å². The summed E-state index contributed by atoms with van der Waals surface area (Å²) in [4.78, 5) is 18.5. The van der Waals surface area contributed by atoms with E-state index in [1.807, 2.05) is 0 Å². The molecule has 0 bridgehead atoms. The average molecular weight is 330 g/mol. The molecule has 1 aliphatic rings. The number of carbonyl (C=O) groups is 1. The largest absolute Gasteiger partial charge is 0.350 e. The maximum absolute atomic E-state index is 12.1. The van der Waals surface area contributed by atoms with Crippen molar-refractivity contribution in [3.8, 4) is 0 Å². The highest BCUT2D eigenvalue weighted by Gasteiger charge is 2.16. The van der Waals surface area contributed by atoms with E-state index in [1.165, 1.54) is 32.4 Å². The second-order valence-electron chi connectivity index (χ2n) is 5.64. The number of hydrogen-bond acceptors (Lipinski definition) is 3. The first-order valence-electron chi connectivity index (χ1n) is 7.39. The highest BCUT2D eigenvalue weighted by atomic mass is 35.5. The maximum Gasteiger partial charge on any atom is 0.271 e. The number of rotatable bonds is 5. The summed E-state index contributed by atoms with van der Waals surface area (Å²) in [5.74, 6) is 0.123. The van der Waals surface area contributed by atoms with Gasteiger partial charge in [-0.3, -0.25) is 4.79 Å². The fourth-order valence-electron chi connectivity index (χ4n) is 2.58. The van der Waals surface area contributed by atoms with Gasteiger partial charge in [0.05, 0.1) is 5.02 Å². The van der Waals surface area contributed by atoms with E-state index in [1.54, 1.807) is 12.1 Å². The van der Waals surface area contributed by atoms with Gasteiger partial charge >= 0.3 is 0 Å². The number of halogens is 2. The Labute approximate surface area is 135 Å². The summed E-state index contributed by atoms with van der Waals surface area (Å²) >= 11 is 11.8. The molecule has 0 spiro atoms. The van der Waals surface area contributed by atoms with Crippen LogP contribution in [0.1, 0.15) is 36.7 Å². The minimum atomic E-state index is -0.270. The number of likely N-dealkylation sites (tertiary alicyclic amines) is 1. The van der Waals surface area contributed by atoms with Gasteiger partial charge in [0.25, 0.3) is 5.91 Å². The van der Waals surface area contributed by atoms with E-state index < -0.39 is 0 Å². The third kappa shape index (κ3) is 5.13. The van der Waals surface area contributed by atoms with Crippen LogP contribution in [-0.2, 0) is 0 Å². The minimum Gasteiger partial charge on any atom is -0.350 e. The summed E-state index contributed by atoms with van der Waals surface area (Å²) in [7, 11) is 0. The number of pyridine rings is 1. The fourth-order valence-corrected chi connectivity index (χ4v) is 2.91. The Bertz CT molecular complexity index is 490. The van der Waals surface area contributed by atoms with Gasteiger partial charge in [0.2, 0.25) is 0 Å². The molecule has 2 heterocycles. The molecule has 1 aromatic rings. The Morgan fingerprint density at radius 3 is 2.76 bits per heavy atom. The van der Waals surface area contributed by atoms with Crippen molar-refractivity contribution in [2.45, 2.75) is 26.2 Å². The number of amides is 1. The van der Waals surface area contributed by atoms with Crippen LogP contribution in [-0.4, -0.2) is 42.0 Å². The van der Waals surface area contributed by atoms with Crippen molar-refractivity contribution in [2.75, 3.05) is 26.2 Å². The monoisotopic (exact) mass is 329 g/mol. The summed E-state index contributed by atoms with van der Waals surface area (Å²) in [6.07, 6.45) is 3.89. The third-order valence-electron chi connectivity index (χ3n) is 3.66. The van der Waals surface area contributed by atoms with Crippen LogP contribution in [0.2, 0.25) is 10.2 Å². The highest BCUT2D eigenvalue weighted by Crippen LogP contribution is 2.17. The first-order chi connectivity index (χ1) is 10.1. The lowest BCUT2D eigenvalue weighted by molar-refractivity contribution is 0.0938. The topological polar surface area (TPSA) is 45.2 Å². The molecule has 1 amide bonds.